The third kappa shape index (κ3) is 2.98. The first-order valence-corrected chi connectivity index (χ1v) is 7.04. The molecule has 2 rings (SSSR count). The predicted molar refractivity (Wildman–Crippen MR) is 73.7 cm³/mol. The Balaban J connectivity index is 2.38. The normalized spacial score (nSPS) is 10.9. The van der Waals surface area contributed by atoms with Gasteiger partial charge in [0.25, 0.3) is 0 Å². The Labute approximate surface area is 119 Å². The van der Waals surface area contributed by atoms with E-state index in [9.17, 15) is 4.79 Å². The SMILES string of the molecule is CCCc1nc(Cl)c(C)c(Sc2n[nH]c(=O)n2C)n1. The Hall–Kier alpha value is -1.34. The van der Waals surface area contributed by atoms with E-state index in [1.807, 2.05) is 6.92 Å². The molecule has 2 heterocycles. The zero-order valence-corrected chi connectivity index (χ0v) is 12.5. The maximum absolute atomic E-state index is 11.3. The van der Waals surface area contributed by atoms with Gasteiger partial charge in [0, 0.05) is 19.0 Å². The number of nitrogens with one attached hydrogen (secondary N) is 1. The van der Waals surface area contributed by atoms with E-state index in [0.29, 0.717) is 16.1 Å². The summed E-state index contributed by atoms with van der Waals surface area (Å²) in [5.74, 6) is 0.709. The van der Waals surface area contributed by atoms with Crippen molar-refractivity contribution in [3.63, 3.8) is 0 Å². The van der Waals surface area contributed by atoms with E-state index >= 15 is 0 Å². The number of H-pyrrole nitrogens is 1. The molecular weight excluding hydrogens is 286 g/mol. The van der Waals surface area contributed by atoms with Crippen LogP contribution < -0.4 is 5.69 Å². The average Bonchev–Trinajstić information content (AvgIpc) is 2.67. The average molecular weight is 300 g/mol. The van der Waals surface area contributed by atoms with Crippen molar-refractivity contribution in [3.8, 4) is 0 Å². The van der Waals surface area contributed by atoms with E-state index in [2.05, 4.69) is 27.1 Å². The van der Waals surface area contributed by atoms with Crippen LogP contribution in [0.1, 0.15) is 24.7 Å². The molecule has 2 aromatic heterocycles. The molecule has 0 aliphatic rings. The summed E-state index contributed by atoms with van der Waals surface area (Å²) in [6.07, 6.45) is 1.72. The lowest BCUT2D eigenvalue weighted by Gasteiger charge is -2.07. The van der Waals surface area contributed by atoms with Gasteiger partial charge in [0.05, 0.1) is 0 Å². The summed E-state index contributed by atoms with van der Waals surface area (Å²) in [6.45, 7) is 3.91. The molecule has 8 heteroatoms. The van der Waals surface area contributed by atoms with E-state index in [1.165, 1.54) is 16.3 Å². The highest BCUT2D eigenvalue weighted by Gasteiger charge is 2.14. The smallest absolute Gasteiger partial charge is 0.273 e. The van der Waals surface area contributed by atoms with Crippen LogP contribution in [0.5, 0.6) is 0 Å². The molecule has 0 atom stereocenters. The monoisotopic (exact) mass is 299 g/mol. The van der Waals surface area contributed by atoms with Crippen LogP contribution in [-0.2, 0) is 13.5 Å². The maximum atomic E-state index is 11.3. The molecule has 0 unspecified atom stereocenters. The Morgan fingerprint density at radius 3 is 2.74 bits per heavy atom. The Morgan fingerprint density at radius 2 is 2.16 bits per heavy atom. The molecule has 0 amide bonds. The summed E-state index contributed by atoms with van der Waals surface area (Å²) in [6, 6.07) is 0. The fraction of sp³-hybridized carbons (Fsp3) is 0.455. The van der Waals surface area contributed by atoms with Gasteiger partial charge in [0.1, 0.15) is 16.0 Å². The van der Waals surface area contributed by atoms with E-state index in [4.69, 9.17) is 11.6 Å². The Morgan fingerprint density at radius 1 is 1.42 bits per heavy atom. The number of hydrogen-bond donors (Lipinski definition) is 1. The minimum atomic E-state index is -0.255. The Kier molecular flexibility index (Phi) is 4.26. The van der Waals surface area contributed by atoms with Crippen LogP contribution in [0.4, 0.5) is 0 Å². The second-order valence-electron chi connectivity index (χ2n) is 4.08. The quantitative estimate of drug-likeness (QED) is 0.873. The molecule has 19 heavy (non-hydrogen) atoms. The fourth-order valence-electron chi connectivity index (χ4n) is 1.46. The minimum Gasteiger partial charge on any atom is -0.273 e. The molecular formula is C11H14ClN5OS. The van der Waals surface area contributed by atoms with Crippen LogP contribution in [0.25, 0.3) is 0 Å². The van der Waals surface area contributed by atoms with E-state index in [-0.39, 0.29) is 5.69 Å². The van der Waals surface area contributed by atoms with Crippen molar-refractivity contribution >= 4 is 23.4 Å². The van der Waals surface area contributed by atoms with Gasteiger partial charge in [0.15, 0.2) is 5.16 Å². The summed E-state index contributed by atoms with van der Waals surface area (Å²) in [7, 11) is 1.65. The van der Waals surface area contributed by atoms with Gasteiger partial charge in [-0.15, -0.1) is 5.10 Å². The summed E-state index contributed by atoms with van der Waals surface area (Å²) in [4.78, 5) is 20.0. The summed E-state index contributed by atoms with van der Waals surface area (Å²) in [5, 5.41) is 8.05. The van der Waals surface area contributed by atoms with Crippen LogP contribution in [-0.4, -0.2) is 24.7 Å². The number of hydrogen-bond acceptors (Lipinski definition) is 5. The van der Waals surface area contributed by atoms with Gasteiger partial charge < -0.3 is 0 Å². The van der Waals surface area contributed by atoms with Gasteiger partial charge in [-0.3, -0.25) is 4.57 Å². The van der Waals surface area contributed by atoms with Crippen LogP contribution in [0.3, 0.4) is 0 Å². The summed E-state index contributed by atoms with van der Waals surface area (Å²) < 4.78 is 1.43. The third-order valence-electron chi connectivity index (χ3n) is 2.59. The Bertz CT molecular complexity index is 651. The number of aromatic nitrogens is 5. The topological polar surface area (TPSA) is 76.5 Å². The van der Waals surface area contributed by atoms with Gasteiger partial charge >= 0.3 is 5.69 Å². The van der Waals surface area contributed by atoms with Gasteiger partial charge in [-0.1, -0.05) is 18.5 Å². The van der Waals surface area contributed by atoms with Crippen molar-refractivity contribution in [1.82, 2.24) is 24.7 Å². The summed E-state index contributed by atoms with van der Waals surface area (Å²) in [5.41, 5.74) is 0.538. The molecule has 102 valence electrons. The molecule has 0 aliphatic heterocycles. The lowest BCUT2D eigenvalue weighted by molar-refractivity contribution is 0.760. The third-order valence-corrected chi connectivity index (χ3v) is 4.09. The molecule has 0 aromatic carbocycles. The highest BCUT2D eigenvalue weighted by Crippen LogP contribution is 2.29. The second-order valence-corrected chi connectivity index (χ2v) is 5.40. The van der Waals surface area contributed by atoms with Crippen LogP contribution in [0, 0.1) is 6.92 Å². The van der Waals surface area contributed by atoms with Crippen LogP contribution >= 0.6 is 23.4 Å². The minimum absolute atomic E-state index is 0.255. The molecule has 1 N–H and O–H groups in total. The van der Waals surface area contributed by atoms with Crippen molar-refractivity contribution in [2.75, 3.05) is 0 Å². The molecule has 0 aliphatic carbocycles. The largest absolute Gasteiger partial charge is 0.343 e. The van der Waals surface area contributed by atoms with E-state index < -0.39 is 0 Å². The molecule has 0 bridgehead atoms. The van der Waals surface area contributed by atoms with Crippen molar-refractivity contribution in [3.05, 3.63) is 27.0 Å². The van der Waals surface area contributed by atoms with Gasteiger partial charge in [-0.05, 0) is 25.1 Å². The zero-order valence-electron chi connectivity index (χ0n) is 10.9. The zero-order chi connectivity index (χ0) is 14.0. The van der Waals surface area contributed by atoms with Crippen molar-refractivity contribution in [2.45, 2.75) is 36.9 Å². The van der Waals surface area contributed by atoms with E-state index in [1.54, 1.807) is 7.05 Å². The fourth-order valence-corrected chi connectivity index (χ4v) is 2.58. The molecule has 0 radical (unpaired) electrons. The highest BCUT2D eigenvalue weighted by molar-refractivity contribution is 7.99. The van der Waals surface area contributed by atoms with Gasteiger partial charge in [0.2, 0.25) is 0 Å². The second kappa shape index (κ2) is 5.75. The van der Waals surface area contributed by atoms with Crippen molar-refractivity contribution in [2.24, 2.45) is 7.05 Å². The van der Waals surface area contributed by atoms with Crippen LogP contribution in [0.2, 0.25) is 5.15 Å². The molecule has 6 nitrogen and oxygen atoms in total. The molecule has 0 saturated carbocycles. The van der Waals surface area contributed by atoms with Gasteiger partial charge in [-0.25, -0.2) is 19.9 Å². The number of aryl methyl sites for hydroxylation is 1. The number of aromatic amines is 1. The van der Waals surface area contributed by atoms with E-state index in [0.717, 1.165) is 23.4 Å². The number of rotatable bonds is 4. The molecule has 0 saturated heterocycles. The standard InChI is InChI=1S/C11H14ClN5OS/c1-4-5-7-13-8(12)6(2)9(14-7)19-11-16-15-10(18)17(11)3/h4-5H2,1-3H3,(H,15,18). The first-order chi connectivity index (χ1) is 9.02. The molecule has 0 fully saturated rings. The lowest BCUT2D eigenvalue weighted by atomic mass is 10.3. The number of nitrogens with zero attached hydrogens (tertiary/aromatic N) is 4. The maximum Gasteiger partial charge on any atom is 0.343 e. The summed E-state index contributed by atoms with van der Waals surface area (Å²) >= 11 is 7.41. The molecule has 2 aromatic rings. The first-order valence-electron chi connectivity index (χ1n) is 5.85. The van der Waals surface area contributed by atoms with Crippen molar-refractivity contribution in [1.29, 1.82) is 0 Å². The first kappa shape index (κ1) is 14.1. The van der Waals surface area contributed by atoms with Gasteiger partial charge in [-0.2, -0.15) is 0 Å². The predicted octanol–water partition coefficient (Wildman–Crippen LogP) is 1.96. The molecule has 0 spiro atoms. The highest BCUT2D eigenvalue weighted by atomic mass is 35.5. The van der Waals surface area contributed by atoms with Crippen molar-refractivity contribution < 1.29 is 0 Å². The van der Waals surface area contributed by atoms with Crippen LogP contribution in [0.15, 0.2) is 15.0 Å². The number of halogens is 1. The lowest BCUT2D eigenvalue weighted by Crippen LogP contribution is -2.13.